The van der Waals surface area contributed by atoms with E-state index in [0.717, 1.165) is 22.0 Å². The van der Waals surface area contributed by atoms with Crippen LogP contribution >= 0.6 is 11.8 Å². The van der Waals surface area contributed by atoms with Gasteiger partial charge in [0.1, 0.15) is 5.76 Å². The number of allylic oxidation sites excluding steroid dienone is 1. The van der Waals surface area contributed by atoms with Crippen LogP contribution in [0.3, 0.4) is 0 Å². The van der Waals surface area contributed by atoms with E-state index in [1.807, 2.05) is 54.5 Å². The highest BCUT2D eigenvalue weighted by Crippen LogP contribution is 2.44. The molecular weight excluding hydrogens is 426 g/mol. The van der Waals surface area contributed by atoms with E-state index in [1.54, 1.807) is 19.3 Å². The van der Waals surface area contributed by atoms with Gasteiger partial charge >= 0.3 is 5.97 Å². The predicted molar refractivity (Wildman–Crippen MR) is 123 cm³/mol. The van der Waals surface area contributed by atoms with E-state index in [0.29, 0.717) is 23.6 Å². The number of benzene rings is 1. The second-order valence-corrected chi connectivity index (χ2v) is 8.39. The number of aryl methyl sites for hydroxylation is 1. The number of carbonyl (C=O) groups excluding carboxylic acids is 2. The molecule has 1 unspecified atom stereocenters. The Morgan fingerprint density at radius 2 is 2.00 bits per heavy atom. The second kappa shape index (κ2) is 9.48. The number of amidine groups is 1. The number of fused-ring (bicyclic) bond motifs is 1. The Hall–Kier alpha value is -3.26. The number of hydrogen-bond acceptors (Lipinski definition) is 7. The first kappa shape index (κ1) is 22.0. The molecule has 0 aliphatic carbocycles. The van der Waals surface area contributed by atoms with Crippen LogP contribution in [0.5, 0.6) is 0 Å². The van der Waals surface area contributed by atoms with Crippen LogP contribution in [0.15, 0.2) is 74.4 Å². The molecule has 166 valence electrons. The van der Waals surface area contributed by atoms with E-state index in [1.165, 1.54) is 11.8 Å². The molecule has 4 rings (SSSR count). The fourth-order valence-electron chi connectivity index (χ4n) is 3.73. The number of nitrogens with one attached hydrogen (secondary N) is 1. The van der Waals surface area contributed by atoms with Crippen molar-refractivity contribution in [1.29, 1.82) is 0 Å². The van der Waals surface area contributed by atoms with Crippen LogP contribution in [0.25, 0.3) is 0 Å². The average molecular weight is 452 g/mol. The van der Waals surface area contributed by atoms with Crippen LogP contribution in [-0.4, -0.2) is 28.6 Å². The van der Waals surface area contributed by atoms with Gasteiger partial charge in [0.05, 0.1) is 43.1 Å². The zero-order valence-corrected chi connectivity index (χ0v) is 19.1. The minimum absolute atomic E-state index is 0.138. The van der Waals surface area contributed by atoms with Crippen LogP contribution in [0, 0.1) is 6.92 Å². The molecule has 1 amide bonds. The lowest BCUT2D eigenvalue weighted by Gasteiger charge is -2.36. The summed E-state index contributed by atoms with van der Waals surface area (Å²) in [7, 11) is 0. The van der Waals surface area contributed by atoms with Gasteiger partial charge in [0.2, 0.25) is 5.91 Å². The van der Waals surface area contributed by atoms with Crippen molar-refractivity contribution >= 4 is 28.8 Å². The maximum Gasteiger partial charge on any atom is 0.338 e. The van der Waals surface area contributed by atoms with Gasteiger partial charge in [-0.25, -0.2) is 9.79 Å². The molecule has 2 aliphatic rings. The molecule has 0 spiro atoms. The summed E-state index contributed by atoms with van der Waals surface area (Å²) in [6.45, 7) is 6.23. The molecule has 2 aromatic rings. The minimum atomic E-state index is -0.415. The van der Waals surface area contributed by atoms with Gasteiger partial charge < -0.3 is 19.4 Å². The third-order valence-corrected chi connectivity index (χ3v) is 6.16. The van der Waals surface area contributed by atoms with E-state index in [4.69, 9.17) is 9.15 Å². The summed E-state index contributed by atoms with van der Waals surface area (Å²) >= 11 is 1.45. The van der Waals surface area contributed by atoms with E-state index in [9.17, 15) is 9.59 Å². The van der Waals surface area contributed by atoms with Crippen molar-refractivity contribution in [2.45, 2.75) is 39.8 Å². The molecular formula is C24H25N3O4S. The third kappa shape index (κ3) is 4.50. The summed E-state index contributed by atoms with van der Waals surface area (Å²) in [4.78, 5) is 32.2. The van der Waals surface area contributed by atoms with E-state index < -0.39 is 12.0 Å². The number of aliphatic imine (C=N–C) groups is 1. The summed E-state index contributed by atoms with van der Waals surface area (Å²) in [6, 6.07) is 11.2. The largest absolute Gasteiger partial charge is 0.467 e. The molecule has 0 bridgehead atoms. The Balaban J connectivity index is 1.62. The number of thioether (sulfide) groups is 1. The van der Waals surface area contributed by atoms with Crippen molar-refractivity contribution in [3.8, 4) is 0 Å². The first-order valence-corrected chi connectivity index (χ1v) is 11.3. The molecule has 8 heteroatoms. The van der Waals surface area contributed by atoms with Gasteiger partial charge in [-0.2, -0.15) is 0 Å². The smallest absolute Gasteiger partial charge is 0.338 e. The van der Waals surface area contributed by atoms with Gasteiger partial charge in [0.25, 0.3) is 0 Å². The molecule has 3 heterocycles. The fraction of sp³-hybridized carbons (Fsp3) is 0.292. The highest BCUT2D eigenvalue weighted by atomic mass is 32.2. The second-order valence-electron chi connectivity index (χ2n) is 7.56. The normalized spacial score (nSPS) is 17.6. The van der Waals surface area contributed by atoms with Gasteiger partial charge in [-0.3, -0.25) is 4.79 Å². The van der Waals surface area contributed by atoms with Crippen LogP contribution in [0.2, 0.25) is 0 Å². The van der Waals surface area contributed by atoms with Gasteiger partial charge in [-0.15, -0.1) is 0 Å². The molecule has 1 aromatic heterocycles. The van der Waals surface area contributed by atoms with Crippen molar-refractivity contribution in [2.24, 2.45) is 4.99 Å². The molecule has 1 N–H and O–H groups in total. The highest BCUT2D eigenvalue weighted by molar-refractivity contribution is 8.16. The van der Waals surface area contributed by atoms with Crippen molar-refractivity contribution < 1.29 is 18.7 Å². The number of amides is 1. The van der Waals surface area contributed by atoms with Gasteiger partial charge in [0.15, 0.2) is 5.17 Å². The van der Waals surface area contributed by atoms with Gasteiger partial charge in [0, 0.05) is 5.70 Å². The zero-order chi connectivity index (χ0) is 22.7. The van der Waals surface area contributed by atoms with Gasteiger partial charge in [-0.05, 0) is 43.9 Å². The summed E-state index contributed by atoms with van der Waals surface area (Å²) in [6.07, 6.45) is 1.73. The van der Waals surface area contributed by atoms with E-state index in [2.05, 4.69) is 10.3 Å². The highest BCUT2D eigenvalue weighted by Gasteiger charge is 2.41. The quantitative estimate of drug-likeness (QED) is 0.627. The number of furan rings is 1. The Morgan fingerprint density at radius 3 is 2.69 bits per heavy atom. The standard InChI is InChI=1S/C24H25N3O4S/c1-4-30-23(29)21-16(3)26-24-27(22(21)17-9-7-15(2)8-10-17)18(14-32-24)12-20(28)25-13-19-6-5-11-31-19/h5-11,14,22H,4,12-13H2,1-3H3,(H,25,28). The predicted octanol–water partition coefficient (Wildman–Crippen LogP) is 4.43. The minimum Gasteiger partial charge on any atom is -0.467 e. The lowest BCUT2D eigenvalue weighted by molar-refractivity contribution is -0.139. The summed E-state index contributed by atoms with van der Waals surface area (Å²) in [5.74, 6) is 0.159. The first-order chi connectivity index (χ1) is 15.5. The third-order valence-electron chi connectivity index (χ3n) is 5.27. The number of esters is 1. The number of carbonyl (C=O) groups is 2. The van der Waals surface area contributed by atoms with E-state index >= 15 is 0 Å². The van der Waals surface area contributed by atoms with Gasteiger partial charge in [-0.1, -0.05) is 41.6 Å². The Kier molecular flexibility index (Phi) is 6.50. The monoisotopic (exact) mass is 451 g/mol. The Labute approximate surface area is 191 Å². The molecule has 1 atom stereocenters. The van der Waals surface area contributed by atoms with Crippen molar-refractivity contribution in [3.63, 3.8) is 0 Å². The molecule has 0 saturated heterocycles. The van der Waals surface area contributed by atoms with Crippen LogP contribution in [0.1, 0.15) is 43.2 Å². The zero-order valence-electron chi connectivity index (χ0n) is 18.3. The van der Waals surface area contributed by atoms with Crippen LogP contribution in [0.4, 0.5) is 0 Å². The van der Waals surface area contributed by atoms with Crippen LogP contribution in [-0.2, 0) is 20.9 Å². The molecule has 7 nitrogen and oxygen atoms in total. The molecule has 1 aromatic carbocycles. The SMILES string of the molecule is CCOC(=O)C1=C(C)N=C2SC=C(CC(=O)NCc3ccco3)N2C1c1ccc(C)cc1. The fourth-order valence-corrected chi connectivity index (χ4v) is 4.69. The number of hydrogen-bond donors (Lipinski definition) is 1. The molecule has 2 aliphatic heterocycles. The maximum absolute atomic E-state index is 12.9. The topological polar surface area (TPSA) is 84.1 Å². The number of nitrogens with zero attached hydrogens (tertiary/aromatic N) is 2. The van der Waals surface area contributed by atoms with Crippen molar-refractivity contribution in [3.05, 3.63) is 81.9 Å². The Morgan fingerprint density at radius 1 is 1.22 bits per heavy atom. The average Bonchev–Trinajstić information content (AvgIpc) is 3.42. The number of ether oxygens (including phenoxy) is 1. The maximum atomic E-state index is 12.9. The molecule has 0 saturated carbocycles. The summed E-state index contributed by atoms with van der Waals surface area (Å²) in [5, 5.41) is 5.55. The van der Waals surface area contributed by atoms with Crippen LogP contribution < -0.4 is 5.32 Å². The lowest BCUT2D eigenvalue weighted by atomic mass is 9.93. The summed E-state index contributed by atoms with van der Waals surface area (Å²) in [5.41, 5.74) is 3.97. The Bertz CT molecular complexity index is 1100. The van der Waals surface area contributed by atoms with Crippen molar-refractivity contribution in [1.82, 2.24) is 10.2 Å². The van der Waals surface area contributed by atoms with Crippen molar-refractivity contribution in [2.75, 3.05) is 6.61 Å². The number of rotatable bonds is 7. The first-order valence-electron chi connectivity index (χ1n) is 10.4. The molecule has 0 fully saturated rings. The molecule has 32 heavy (non-hydrogen) atoms. The van der Waals surface area contributed by atoms with E-state index in [-0.39, 0.29) is 18.9 Å². The summed E-state index contributed by atoms with van der Waals surface area (Å²) < 4.78 is 10.6. The molecule has 0 radical (unpaired) electrons. The lowest BCUT2D eigenvalue weighted by Crippen LogP contribution is -2.38.